The monoisotopic (exact) mass is 494 g/mol. The molecule has 0 bridgehead atoms. The number of halogens is 1. The highest BCUT2D eigenvalue weighted by Crippen LogP contribution is 2.09. The molecule has 8 nitrogen and oxygen atoms in total. The highest BCUT2D eigenvalue weighted by molar-refractivity contribution is 14.0. The number of ether oxygens (including phenoxy) is 1. The Hall–Kier alpha value is -1.52. The summed E-state index contributed by atoms with van der Waals surface area (Å²) < 4.78 is 7.11. The van der Waals surface area contributed by atoms with Gasteiger partial charge in [-0.3, -0.25) is 9.67 Å². The van der Waals surface area contributed by atoms with E-state index in [9.17, 15) is 4.79 Å². The SMILES string of the molecule is CN=C(NCCCc1cnn(C)c1)NCC(C)(C)NC(=O)OC(C)(C)C.I. The van der Waals surface area contributed by atoms with Crippen molar-refractivity contribution in [2.75, 3.05) is 20.1 Å². The molecule has 27 heavy (non-hydrogen) atoms. The highest BCUT2D eigenvalue weighted by Gasteiger charge is 2.24. The maximum Gasteiger partial charge on any atom is 0.408 e. The Morgan fingerprint density at radius 1 is 1.26 bits per heavy atom. The van der Waals surface area contributed by atoms with Gasteiger partial charge in [-0.05, 0) is 53.0 Å². The number of hydrogen-bond acceptors (Lipinski definition) is 4. The number of hydrogen-bond donors (Lipinski definition) is 3. The maximum atomic E-state index is 11.9. The van der Waals surface area contributed by atoms with Gasteiger partial charge in [0.2, 0.25) is 0 Å². The molecule has 0 aliphatic carbocycles. The molecule has 1 aromatic rings. The van der Waals surface area contributed by atoms with Crippen LogP contribution in [0.4, 0.5) is 4.79 Å². The molecule has 0 unspecified atom stereocenters. The summed E-state index contributed by atoms with van der Waals surface area (Å²) in [7, 11) is 3.64. The van der Waals surface area contributed by atoms with Crippen LogP contribution in [0.2, 0.25) is 0 Å². The Balaban J connectivity index is 0.00000676. The third-order valence-corrected chi connectivity index (χ3v) is 3.45. The van der Waals surface area contributed by atoms with Crippen molar-refractivity contribution < 1.29 is 9.53 Å². The predicted molar refractivity (Wildman–Crippen MR) is 120 cm³/mol. The number of amides is 1. The van der Waals surface area contributed by atoms with Gasteiger partial charge >= 0.3 is 6.09 Å². The molecular weight excluding hydrogens is 459 g/mol. The number of guanidine groups is 1. The van der Waals surface area contributed by atoms with E-state index in [1.807, 2.05) is 58.7 Å². The Morgan fingerprint density at radius 2 is 1.93 bits per heavy atom. The Kier molecular flexibility index (Phi) is 10.7. The largest absolute Gasteiger partial charge is 0.444 e. The Bertz CT molecular complexity index is 607. The van der Waals surface area contributed by atoms with Crippen LogP contribution in [0.15, 0.2) is 17.4 Å². The van der Waals surface area contributed by atoms with Gasteiger partial charge in [0.05, 0.1) is 11.7 Å². The smallest absolute Gasteiger partial charge is 0.408 e. The predicted octanol–water partition coefficient (Wildman–Crippen LogP) is 2.44. The summed E-state index contributed by atoms with van der Waals surface area (Å²) in [4.78, 5) is 16.1. The van der Waals surface area contributed by atoms with E-state index in [1.165, 1.54) is 5.56 Å². The van der Waals surface area contributed by atoms with Crippen LogP contribution in [-0.2, 0) is 18.2 Å². The quantitative estimate of drug-likeness (QED) is 0.235. The van der Waals surface area contributed by atoms with Crippen LogP contribution < -0.4 is 16.0 Å². The van der Waals surface area contributed by atoms with Crippen LogP contribution in [0.5, 0.6) is 0 Å². The molecule has 0 aliphatic rings. The number of carbonyl (C=O) groups excluding carboxylic acids is 1. The Morgan fingerprint density at radius 3 is 2.44 bits per heavy atom. The molecule has 1 amide bonds. The normalized spacial score (nSPS) is 12.2. The van der Waals surface area contributed by atoms with E-state index in [2.05, 4.69) is 26.0 Å². The van der Waals surface area contributed by atoms with Crippen LogP contribution in [0.1, 0.15) is 46.6 Å². The fraction of sp³-hybridized carbons (Fsp3) is 0.722. The molecule has 0 radical (unpaired) electrons. The average molecular weight is 494 g/mol. The zero-order valence-corrected chi connectivity index (χ0v) is 19.9. The van der Waals surface area contributed by atoms with Crippen LogP contribution in [0, 0.1) is 0 Å². The van der Waals surface area contributed by atoms with Crippen molar-refractivity contribution in [1.82, 2.24) is 25.7 Å². The second-order valence-electron chi connectivity index (χ2n) is 7.99. The number of aliphatic imine (C=N–C) groups is 1. The molecule has 0 saturated carbocycles. The van der Waals surface area contributed by atoms with Gasteiger partial charge in [-0.25, -0.2) is 4.79 Å². The van der Waals surface area contributed by atoms with Crippen molar-refractivity contribution >= 4 is 36.0 Å². The molecule has 0 aliphatic heterocycles. The molecular formula is C18H35IN6O2. The lowest BCUT2D eigenvalue weighted by molar-refractivity contribution is 0.0474. The summed E-state index contributed by atoms with van der Waals surface area (Å²) in [5.41, 5.74) is 0.231. The topological polar surface area (TPSA) is 92.6 Å². The molecule has 156 valence electrons. The second-order valence-corrected chi connectivity index (χ2v) is 7.99. The molecule has 3 N–H and O–H groups in total. The van der Waals surface area contributed by atoms with Crippen molar-refractivity contribution in [1.29, 1.82) is 0 Å². The minimum absolute atomic E-state index is 0. The number of nitrogens with one attached hydrogen (secondary N) is 3. The summed E-state index contributed by atoms with van der Waals surface area (Å²) in [6, 6.07) is 0. The molecule has 0 saturated heterocycles. The van der Waals surface area contributed by atoms with Gasteiger partial charge in [0.15, 0.2) is 5.96 Å². The molecule has 0 atom stereocenters. The molecule has 0 fully saturated rings. The van der Waals surface area contributed by atoms with Gasteiger partial charge in [-0.1, -0.05) is 0 Å². The van der Waals surface area contributed by atoms with Crippen molar-refractivity contribution in [3.05, 3.63) is 18.0 Å². The Labute approximate surface area is 179 Å². The van der Waals surface area contributed by atoms with Gasteiger partial charge in [-0.2, -0.15) is 5.10 Å². The second kappa shape index (κ2) is 11.4. The molecule has 1 rings (SSSR count). The van der Waals surface area contributed by atoms with Crippen molar-refractivity contribution in [3.8, 4) is 0 Å². The van der Waals surface area contributed by atoms with Gasteiger partial charge in [0.25, 0.3) is 0 Å². The van der Waals surface area contributed by atoms with E-state index < -0.39 is 17.2 Å². The zero-order valence-electron chi connectivity index (χ0n) is 17.5. The lowest BCUT2D eigenvalue weighted by atomic mass is 10.1. The number of nitrogens with zero attached hydrogens (tertiary/aromatic N) is 3. The van der Waals surface area contributed by atoms with Crippen molar-refractivity contribution in [2.24, 2.45) is 12.0 Å². The number of aromatic nitrogens is 2. The standard InChI is InChI=1S/C18H34N6O2.HI/c1-17(2,3)26-16(25)23-18(4,5)13-21-15(19-6)20-10-8-9-14-11-22-24(7)12-14;/h11-12H,8-10,13H2,1-7H3,(H,23,25)(H2,19,20,21);1H. The minimum Gasteiger partial charge on any atom is -0.444 e. The van der Waals surface area contributed by atoms with Gasteiger partial charge in [0.1, 0.15) is 5.60 Å². The number of rotatable bonds is 7. The summed E-state index contributed by atoms with van der Waals surface area (Å²) in [6.07, 6.45) is 5.43. The number of alkyl carbamates (subject to hydrolysis) is 1. The molecule has 1 aromatic heterocycles. The van der Waals surface area contributed by atoms with E-state index in [0.717, 1.165) is 19.4 Å². The molecule has 1 heterocycles. The van der Waals surface area contributed by atoms with Crippen LogP contribution in [0.25, 0.3) is 0 Å². The third-order valence-electron chi connectivity index (χ3n) is 3.45. The summed E-state index contributed by atoms with van der Waals surface area (Å²) in [5.74, 6) is 0.704. The van der Waals surface area contributed by atoms with Gasteiger partial charge < -0.3 is 20.7 Å². The fourth-order valence-corrected chi connectivity index (χ4v) is 2.25. The third kappa shape index (κ3) is 11.7. The average Bonchev–Trinajstić information content (AvgIpc) is 2.89. The first-order valence-electron chi connectivity index (χ1n) is 8.94. The van der Waals surface area contributed by atoms with Crippen molar-refractivity contribution in [2.45, 2.75) is 58.6 Å². The van der Waals surface area contributed by atoms with E-state index in [0.29, 0.717) is 12.5 Å². The van der Waals surface area contributed by atoms with Crippen LogP contribution in [-0.4, -0.2) is 53.1 Å². The number of carbonyl (C=O) groups is 1. The van der Waals surface area contributed by atoms with Crippen LogP contribution in [0.3, 0.4) is 0 Å². The van der Waals surface area contributed by atoms with E-state index in [4.69, 9.17) is 4.74 Å². The first-order chi connectivity index (χ1) is 12.0. The lowest BCUT2D eigenvalue weighted by Gasteiger charge is -2.29. The first kappa shape index (κ1) is 25.5. The van der Waals surface area contributed by atoms with Crippen molar-refractivity contribution in [3.63, 3.8) is 0 Å². The first-order valence-corrected chi connectivity index (χ1v) is 8.94. The summed E-state index contributed by atoms with van der Waals surface area (Å²) >= 11 is 0. The zero-order chi connectivity index (χ0) is 19.8. The van der Waals surface area contributed by atoms with E-state index in [1.54, 1.807) is 7.05 Å². The minimum atomic E-state index is -0.514. The van der Waals surface area contributed by atoms with Crippen LogP contribution >= 0.6 is 24.0 Å². The lowest BCUT2D eigenvalue weighted by Crippen LogP contribution is -2.54. The van der Waals surface area contributed by atoms with E-state index >= 15 is 0 Å². The number of aryl methyl sites for hydroxylation is 2. The molecule has 0 aromatic carbocycles. The fourth-order valence-electron chi connectivity index (χ4n) is 2.25. The van der Waals surface area contributed by atoms with Gasteiger partial charge in [-0.15, -0.1) is 24.0 Å². The van der Waals surface area contributed by atoms with E-state index in [-0.39, 0.29) is 24.0 Å². The molecule has 9 heteroatoms. The summed E-state index contributed by atoms with van der Waals surface area (Å²) in [6.45, 7) is 10.7. The summed E-state index contributed by atoms with van der Waals surface area (Å²) in [5, 5.41) is 13.5. The molecule has 0 spiro atoms. The van der Waals surface area contributed by atoms with Gasteiger partial charge in [0, 0.05) is 33.4 Å². The highest BCUT2D eigenvalue weighted by atomic mass is 127. The maximum absolute atomic E-state index is 11.9.